The quantitative estimate of drug-likeness (QED) is 0.688. The first-order valence-corrected chi connectivity index (χ1v) is 12.6. The Hall–Kier alpha value is 1.38. The maximum absolute atomic E-state index is 5.26. The van der Waals surface area contributed by atoms with Crippen molar-refractivity contribution >= 4 is 27.9 Å². The van der Waals surface area contributed by atoms with Gasteiger partial charge in [0, 0.05) is 39.8 Å². The summed E-state index contributed by atoms with van der Waals surface area (Å²) in [6, 6.07) is 0. The summed E-state index contributed by atoms with van der Waals surface area (Å²) in [6.07, 6.45) is -0.00201. The molecule has 1 heterocycles. The fraction of sp³-hybridized carbons (Fsp3) is 1.00. The van der Waals surface area contributed by atoms with Crippen molar-refractivity contribution in [2.75, 3.05) is 60.0 Å². The summed E-state index contributed by atoms with van der Waals surface area (Å²) in [5, 5.41) is 11.2. The van der Waals surface area contributed by atoms with Crippen LogP contribution >= 0.6 is 27.9 Å². The van der Waals surface area contributed by atoms with Crippen LogP contribution in [-0.4, -0.2) is 71.1 Å². The van der Waals surface area contributed by atoms with Crippen LogP contribution in [0.3, 0.4) is 0 Å². The minimum absolute atomic E-state index is 0.00201. The van der Waals surface area contributed by atoms with E-state index < -0.39 is 14.7 Å². The molecule has 1 atom stereocenters. The predicted octanol–water partition coefficient (Wildman–Crippen LogP) is 1.52. The third-order valence-electron chi connectivity index (χ3n) is 2.55. The van der Waals surface area contributed by atoms with Gasteiger partial charge in [-0.1, -0.05) is 0 Å². The van der Waals surface area contributed by atoms with Gasteiger partial charge in [0.05, 0.1) is 0 Å². The van der Waals surface area contributed by atoms with E-state index in [2.05, 4.69) is 27.9 Å². The van der Waals surface area contributed by atoms with E-state index in [0.29, 0.717) is 0 Å². The third-order valence-corrected chi connectivity index (χ3v) is 2.55. The SMILES string of the molecule is COC1CNCCNCCN(C)CC[N-]1.[Cl][Ti+]([Cl])[Cl]. The monoisotopic (exact) mass is 368 g/mol. The molecule has 1 fully saturated rings. The van der Waals surface area contributed by atoms with Gasteiger partial charge in [-0.25, -0.2) is 0 Å². The Morgan fingerprint density at radius 2 is 1.79 bits per heavy atom. The summed E-state index contributed by atoms with van der Waals surface area (Å²) < 4.78 is 5.26. The van der Waals surface area contributed by atoms with Crippen molar-refractivity contribution in [3.8, 4) is 0 Å². The molecule has 1 rings (SSSR count). The minimum atomic E-state index is -1.92. The van der Waals surface area contributed by atoms with E-state index in [1.165, 1.54) is 0 Å². The second-order valence-electron chi connectivity index (χ2n) is 4.07. The van der Waals surface area contributed by atoms with E-state index in [1.54, 1.807) is 7.11 Å². The zero-order valence-electron chi connectivity index (χ0n) is 11.5. The molecule has 0 aromatic heterocycles. The first-order chi connectivity index (χ1) is 9.06. The van der Waals surface area contributed by atoms with Gasteiger partial charge in [0.2, 0.25) is 0 Å². The molecule has 114 valence electrons. The number of ether oxygens (including phenoxy) is 1. The summed E-state index contributed by atoms with van der Waals surface area (Å²) in [5.74, 6) is 0. The average Bonchev–Trinajstić information content (AvgIpc) is 2.32. The summed E-state index contributed by atoms with van der Waals surface area (Å²) in [5.41, 5.74) is 0. The van der Waals surface area contributed by atoms with Crippen molar-refractivity contribution in [2.45, 2.75) is 6.23 Å². The van der Waals surface area contributed by atoms with Gasteiger partial charge in [0.15, 0.2) is 0 Å². The molecule has 0 aromatic carbocycles. The molecule has 0 radical (unpaired) electrons. The summed E-state index contributed by atoms with van der Waals surface area (Å²) >= 11 is -1.92. The van der Waals surface area contributed by atoms with Crippen molar-refractivity contribution in [2.24, 2.45) is 0 Å². The van der Waals surface area contributed by atoms with Crippen molar-refractivity contribution in [1.82, 2.24) is 15.5 Å². The molecule has 19 heavy (non-hydrogen) atoms. The second kappa shape index (κ2) is 14.3. The Morgan fingerprint density at radius 3 is 2.42 bits per heavy atom. The molecule has 2 N–H and O–H groups in total. The Kier molecular flexibility index (Phi) is 15.4. The van der Waals surface area contributed by atoms with Crippen molar-refractivity contribution in [3.05, 3.63) is 5.32 Å². The van der Waals surface area contributed by atoms with Gasteiger partial charge < -0.3 is 25.6 Å². The van der Waals surface area contributed by atoms with Crippen LogP contribution in [0, 0.1) is 0 Å². The molecule has 1 aliphatic rings. The Balaban J connectivity index is 0.000000711. The second-order valence-corrected chi connectivity index (χ2v) is 11.8. The van der Waals surface area contributed by atoms with Crippen LogP contribution in [0.2, 0.25) is 0 Å². The molecule has 0 amide bonds. The number of rotatable bonds is 1. The predicted molar refractivity (Wildman–Crippen MR) is 79.8 cm³/mol. The van der Waals surface area contributed by atoms with Gasteiger partial charge in [-0.05, 0) is 19.8 Å². The topological polar surface area (TPSA) is 50.6 Å². The van der Waals surface area contributed by atoms with Crippen LogP contribution in [-0.2, 0) is 19.4 Å². The number of methoxy groups -OCH3 is 1. The molecule has 1 aliphatic heterocycles. The molecular formula is C10H23Cl3N4OTi. The number of nitrogens with zero attached hydrogens (tertiary/aromatic N) is 2. The molecule has 0 aliphatic carbocycles. The molecule has 0 aromatic rings. The molecule has 5 nitrogen and oxygen atoms in total. The Labute approximate surface area is 134 Å². The molecule has 0 saturated carbocycles. The summed E-state index contributed by atoms with van der Waals surface area (Å²) in [6.45, 7) is 6.75. The number of halogens is 3. The zero-order chi connectivity index (χ0) is 14.5. The first-order valence-electron chi connectivity index (χ1n) is 6.19. The van der Waals surface area contributed by atoms with E-state index in [0.717, 1.165) is 45.8 Å². The van der Waals surface area contributed by atoms with E-state index in [-0.39, 0.29) is 6.23 Å². The third kappa shape index (κ3) is 15.6. The van der Waals surface area contributed by atoms with E-state index in [1.807, 2.05) is 0 Å². The maximum atomic E-state index is 5.26. The van der Waals surface area contributed by atoms with Crippen molar-refractivity contribution in [3.63, 3.8) is 0 Å². The normalized spacial score (nSPS) is 23.5. The Morgan fingerprint density at radius 1 is 1.16 bits per heavy atom. The standard InChI is InChI=1S/C10H23N4O.3ClH.Ti/c1-14-7-5-11-3-4-12-9-10(15-2)13-6-8-14;;;;/h10-12H,3-9H2,1-2H3;3*1H;/q-1;;;;+4/p-3. The van der Waals surface area contributed by atoms with Gasteiger partial charge in [-0.2, -0.15) is 0 Å². The van der Waals surface area contributed by atoms with Gasteiger partial charge in [0.1, 0.15) is 0 Å². The number of hydrogen-bond acceptors (Lipinski definition) is 4. The number of likely N-dealkylation sites (N-methyl/N-ethyl adjacent to an activating group) is 1. The van der Waals surface area contributed by atoms with E-state index in [9.17, 15) is 0 Å². The van der Waals surface area contributed by atoms with Crippen LogP contribution in [0.1, 0.15) is 0 Å². The molecular weight excluding hydrogens is 346 g/mol. The van der Waals surface area contributed by atoms with Gasteiger partial charge in [-0.15, -0.1) is 6.54 Å². The molecule has 0 bridgehead atoms. The molecule has 0 spiro atoms. The van der Waals surface area contributed by atoms with Gasteiger partial charge in [0.25, 0.3) is 0 Å². The number of hydrogen-bond donors (Lipinski definition) is 2. The van der Waals surface area contributed by atoms with Crippen molar-refractivity contribution < 1.29 is 19.4 Å². The van der Waals surface area contributed by atoms with Gasteiger partial charge >= 0.3 is 42.6 Å². The number of nitrogens with one attached hydrogen (secondary N) is 2. The average molecular weight is 370 g/mol. The summed E-state index contributed by atoms with van der Waals surface area (Å²) in [7, 11) is 18.8. The zero-order valence-corrected chi connectivity index (χ0v) is 15.3. The van der Waals surface area contributed by atoms with Crippen LogP contribution in [0.4, 0.5) is 0 Å². The van der Waals surface area contributed by atoms with Crippen LogP contribution in [0.15, 0.2) is 0 Å². The summed E-state index contributed by atoms with van der Waals surface area (Å²) in [4.78, 5) is 2.29. The fourth-order valence-corrected chi connectivity index (χ4v) is 1.50. The first kappa shape index (κ1) is 20.4. The molecule has 9 heteroatoms. The van der Waals surface area contributed by atoms with Crippen LogP contribution in [0.25, 0.3) is 5.32 Å². The van der Waals surface area contributed by atoms with Crippen LogP contribution < -0.4 is 10.6 Å². The van der Waals surface area contributed by atoms with Gasteiger partial charge in [-0.3, -0.25) is 0 Å². The van der Waals surface area contributed by atoms with E-state index >= 15 is 0 Å². The molecule has 1 saturated heterocycles. The Bertz CT molecular complexity index is 203. The van der Waals surface area contributed by atoms with E-state index in [4.69, 9.17) is 32.7 Å². The van der Waals surface area contributed by atoms with Crippen molar-refractivity contribution in [1.29, 1.82) is 0 Å². The fourth-order valence-electron chi connectivity index (χ4n) is 1.50. The molecule has 1 unspecified atom stereocenters. The van der Waals surface area contributed by atoms with Crippen LogP contribution in [0.5, 0.6) is 0 Å².